The second-order valence-corrected chi connectivity index (χ2v) is 29.2. The molecule has 0 unspecified atom stereocenters. The van der Waals surface area contributed by atoms with Crippen molar-refractivity contribution in [2.45, 2.75) is 84.0 Å². The van der Waals surface area contributed by atoms with Gasteiger partial charge < -0.3 is 14.2 Å². The second-order valence-electron chi connectivity index (χ2n) is 29.2. The van der Waals surface area contributed by atoms with Crippen molar-refractivity contribution in [2.24, 2.45) is 0 Å². The van der Waals surface area contributed by atoms with E-state index < -0.39 is 30.3 Å². The Balaban J connectivity index is 1.01. The second kappa shape index (κ2) is 21.7. The van der Waals surface area contributed by atoms with E-state index in [1.807, 2.05) is 6.07 Å². The van der Waals surface area contributed by atoms with E-state index in [1.165, 1.54) is 55.3 Å². The lowest BCUT2D eigenvalue weighted by Gasteiger charge is -2.42. The highest BCUT2D eigenvalue weighted by molar-refractivity contribution is 6.99. The number of fused-ring (bicyclic) bond motifs is 10. The molecule has 4 heteroatoms. The van der Waals surface area contributed by atoms with Crippen LogP contribution in [0.5, 0.6) is 11.5 Å². The SMILES string of the molecule is [2H]c1c([2H])c([2H])c(-c2cc3c4c(c2)N(c2c(-c5ccccc5)cc(C(C)(C)C)cc2-c2ccccc2)c2cc(-n5c6ccc(C(C)(C)C)cc6c6cc(C(C)(C)C)ccc65)ccc2B4c2cc(-c4cccc5c4C(c4ccccc4)(c4ccccc4)c4ccccc4-5)ccc2O3)c([2H])c1[2H]. The molecule has 17 rings (SSSR count). The maximum Gasteiger partial charge on any atom is 0.256 e. The van der Waals surface area contributed by atoms with Crippen molar-refractivity contribution in [3.05, 3.63) is 330 Å². The number of aromatic nitrogens is 1. The lowest BCUT2D eigenvalue weighted by Crippen LogP contribution is -2.59. The quantitative estimate of drug-likeness (QED) is 0.141. The third kappa shape index (κ3) is 9.23. The Morgan fingerprint density at radius 3 is 1.52 bits per heavy atom. The van der Waals surface area contributed by atoms with Gasteiger partial charge in [-0.05, 0) is 183 Å². The number of ether oxygens (including phenoxy) is 1. The molecule has 14 aromatic rings. The smallest absolute Gasteiger partial charge is 0.256 e. The van der Waals surface area contributed by atoms with Crippen molar-refractivity contribution < 1.29 is 11.6 Å². The van der Waals surface area contributed by atoms with Crippen LogP contribution < -0.4 is 26.0 Å². The van der Waals surface area contributed by atoms with Crippen molar-refractivity contribution in [3.8, 4) is 72.8 Å². The maximum absolute atomic E-state index is 9.66. The van der Waals surface area contributed by atoms with E-state index in [1.54, 1.807) is 0 Å². The average Bonchev–Trinajstić information content (AvgIpc) is 1.30. The molecule has 458 valence electrons. The molecule has 0 atom stereocenters. The molecule has 0 N–H and O–H groups in total. The molecule has 3 aliphatic rings. The highest BCUT2D eigenvalue weighted by atomic mass is 16.5. The molecular formula is C91H75BN2O. The van der Waals surface area contributed by atoms with Crippen LogP contribution in [-0.2, 0) is 21.7 Å². The topological polar surface area (TPSA) is 17.4 Å². The first-order valence-corrected chi connectivity index (χ1v) is 33.3. The Hall–Kier alpha value is -10.7. The van der Waals surface area contributed by atoms with Crippen LogP contribution in [0.4, 0.5) is 17.1 Å². The number of hydrogen-bond donors (Lipinski definition) is 0. The van der Waals surface area contributed by atoms with Gasteiger partial charge >= 0.3 is 0 Å². The van der Waals surface area contributed by atoms with Crippen LogP contribution in [0, 0.1) is 0 Å². The van der Waals surface area contributed by atoms with E-state index in [2.05, 4.69) is 327 Å². The molecule has 0 saturated heterocycles. The first-order chi connectivity index (χ1) is 48.1. The fraction of sp³-hybridized carbons (Fsp3) is 0.143. The van der Waals surface area contributed by atoms with Crippen molar-refractivity contribution >= 4 is 62.0 Å². The third-order valence-corrected chi connectivity index (χ3v) is 20.5. The first-order valence-electron chi connectivity index (χ1n) is 35.8. The average molecular weight is 1230 g/mol. The number of nitrogens with zero attached hydrogens (tertiary/aromatic N) is 2. The lowest BCUT2D eigenvalue weighted by atomic mass is 9.34. The Morgan fingerprint density at radius 1 is 0.379 bits per heavy atom. The van der Waals surface area contributed by atoms with Gasteiger partial charge in [0.15, 0.2) is 0 Å². The van der Waals surface area contributed by atoms with Gasteiger partial charge in [0.05, 0.1) is 29.0 Å². The van der Waals surface area contributed by atoms with Gasteiger partial charge in [-0.2, -0.15) is 0 Å². The molecule has 0 bridgehead atoms. The van der Waals surface area contributed by atoms with E-state index in [9.17, 15) is 2.74 Å². The van der Waals surface area contributed by atoms with Crippen LogP contribution in [0.15, 0.2) is 291 Å². The summed E-state index contributed by atoms with van der Waals surface area (Å²) in [5, 5.41) is 2.36. The fourth-order valence-corrected chi connectivity index (χ4v) is 15.8. The fourth-order valence-electron chi connectivity index (χ4n) is 15.8. The molecule has 0 amide bonds. The Morgan fingerprint density at radius 2 is 0.926 bits per heavy atom. The number of anilines is 3. The largest absolute Gasteiger partial charge is 0.458 e. The van der Waals surface area contributed by atoms with Gasteiger partial charge in [-0.3, -0.25) is 0 Å². The van der Waals surface area contributed by atoms with Gasteiger partial charge in [-0.15, -0.1) is 0 Å². The van der Waals surface area contributed by atoms with Gasteiger partial charge in [0, 0.05) is 39.0 Å². The zero-order valence-corrected chi connectivity index (χ0v) is 55.2. The number of benzene rings is 13. The summed E-state index contributed by atoms with van der Waals surface area (Å²) in [4.78, 5) is 2.43. The van der Waals surface area contributed by atoms with Crippen LogP contribution in [-0.4, -0.2) is 11.3 Å². The predicted octanol–water partition coefficient (Wildman–Crippen LogP) is 22.1. The molecule has 0 radical (unpaired) electrons. The van der Waals surface area contributed by atoms with Crippen LogP contribution in [0.1, 0.15) is 108 Å². The molecule has 95 heavy (non-hydrogen) atoms. The van der Waals surface area contributed by atoms with E-state index >= 15 is 0 Å². The van der Waals surface area contributed by atoms with Crippen molar-refractivity contribution in [2.75, 3.05) is 4.90 Å². The molecule has 13 aromatic carbocycles. The van der Waals surface area contributed by atoms with E-state index in [0.717, 1.165) is 89.1 Å². The van der Waals surface area contributed by atoms with Gasteiger partial charge in [0.1, 0.15) is 11.5 Å². The van der Waals surface area contributed by atoms with E-state index in [0.29, 0.717) is 17.1 Å². The minimum absolute atomic E-state index is 0.0919. The number of hydrogen-bond acceptors (Lipinski definition) is 2. The first kappa shape index (κ1) is 52.8. The van der Waals surface area contributed by atoms with Crippen LogP contribution in [0.25, 0.3) is 83.1 Å². The van der Waals surface area contributed by atoms with Crippen molar-refractivity contribution in [3.63, 3.8) is 0 Å². The Labute approximate surface area is 566 Å². The minimum atomic E-state index is -0.684. The van der Waals surface area contributed by atoms with E-state index in [4.69, 9.17) is 8.85 Å². The van der Waals surface area contributed by atoms with Crippen LogP contribution in [0.3, 0.4) is 0 Å². The summed E-state index contributed by atoms with van der Waals surface area (Å²) < 4.78 is 56.4. The molecule has 0 saturated carbocycles. The normalized spacial score (nSPS) is 14.4. The van der Waals surface area contributed by atoms with Crippen LogP contribution in [0.2, 0.25) is 0 Å². The summed E-state index contributed by atoms with van der Waals surface area (Å²) in [6.07, 6.45) is 0. The number of rotatable bonds is 8. The molecule has 3 nitrogen and oxygen atoms in total. The monoisotopic (exact) mass is 1230 g/mol. The molecule has 3 heterocycles. The highest BCUT2D eigenvalue weighted by Gasteiger charge is 2.49. The predicted molar refractivity (Wildman–Crippen MR) is 402 cm³/mol. The van der Waals surface area contributed by atoms with Gasteiger partial charge in [-0.25, -0.2) is 0 Å². The molecule has 2 aliphatic heterocycles. The molecule has 0 fully saturated rings. The maximum atomic E-state index is 9.66. The Kier molecular flexibility index (Phi) is 12.1. The summed E-state index contributed by atoms with van der Waals surface area (Å²) in [6.45, 7) is 20.1. The third-order valence-electron chi connectivity index (χ3n) is 20.5. The van der Waals surface area contributed by atoms with Crippen molar-refractivity contribution in [1.29, 1.82) is 0 Å². The summed E-state index contributed by atoms with van der Waals surface area (Å²) in [7, 11) is 0. The van der Waals surface area contributed by atoms with Crippen LogP contribution >= 0.6 is 0 Å². The van der Waals surface area contributed by atoms with Gasteiger partial charge in [0.25, 0.3) is 6.71 Å². The molecule has 1 aliphatic carbocycles. The van der Waals surface area contributed by atoms with E-state index in [-0.39, 0.29) is 33.9 Å². The Bertz CT molecular complexity index is 5510. The van der Waals surface area contributed by atoms with Gasteiger partial charge in [-0.1, -0.05) is 287 Å². The standard InChI is InChI=1S/C91H75BN2O/c1-88(2,3)65-43-47-79-74(53-65)75-54-66(89(4,5)6)44-48-80(75)93(79)68-45-46-77-81(57-68)94(87-72(59-30-17-11-18-31-59)55-67(90(7,8)9)56-73(87)60-32-19-12-20-33-60)82-51-62(58-28-15-10-16-29-58)52-84-86(82)92(77)78-50-61(42-49-83(78)95-84)69-39-27-40-71-70-38-25-26-41-76(70)91(85(69)71,63-34-21-13-22-35-63)64-36-23-14-24-37-64/h10-57H,1-9H3/i10D,15D,16D,28D,29D. The molecule has 0 spiro atoms. The zero-order chi connectivity index (χ0) is 69.1. The summed E-state index contributed by atoms with van der Waals surface area (Å²) in [5.74, 6) is 1.20. The van der Waals surface area contributed by atoms with Gasteiger partial charge in [0.2, 0.25) is 0 Å². The minimum Gasteiger partial charge on any atom is -0.458 e. The highest BCUT2D eigenvalue weighted by Crippen LogP contribution is 2.59. The molecule has 1 aromatic heterocycles. The summed E-state index contributed by atoms with van der Waals surface area (Å²) in [5.41, 5.74) is 25.1. The lowest BCUT2D eigenvalue weighted by molar-refractivity contribution is 0.488. The zero-order valence-electron chi connectivity index (χ0n) is 60.2. The summed E-state index contributed by atoms with van der Waals surface area (Å²) >= 11 is 0. The summed E-state index contributed by atoms with van der Waals surface area (Å²) in [6, 6.07) is 93.6. The molecular weight excluding hydrogens is 1150 g/mol. The van der Waals surface area contributed by atoms with Crippen molar-refractivity contribution in [1.82, 2.24) is 4.57 Å².